The van der Waals surface area contributed by atoms with Gasteiger partial charge in [0, 0.05) is 36.2 Å². The second-order valence-electron chi connectivity index (χ2n) is 6.95. The van der Waals surface area contributed by atoms with E-state index in [2.05, 4.69) is 9.97 Å². The minimum Gasteiger partial charge on any atom is -0.389 e. The Balaban J connectivity index is 1.78. The van der Waals surface area contributed by atoms with Gasteiger partial charge in [-0.25, -0.2) is 9.97 Å². The van der Waals surface area contributed by atoms with E-state index in [0.717, 1.165) is 0 Å². The number of aliphatic hydroxyl groups excluding tert-OH is 1. The van der Waals surface area contributed by atoms with Crippen LogP contribution in [0.25, 0.3) is 11.3 Å². The lowest BCUT2D eigenvalue weighted by Crippen LogP contribution is -2.51. The summed E-state index contributed by atoms with van der Waals surface area (Å²) in [5.74, 6) is -6.09. The van der Waals surface area contributed by atoms with E-state index in [-0.39, 0.29) is 43.1 Å². The van der Waals surface area contributed by atoms with Gasteiger partial charge in [-0.1, -0.05) is 24.3 Å². The molecule has 1 saturated heterocycles. The number of hydrogen-bond donors (Lipinski definition) is 2. The Labute approximate surface area is 152 Å². The highest BCUT2D eigenvalue weighted by atomic mass is 19.3. The molecule has 0 spiro atoms. The van der Waals surface area contributed by atoms with Crippen molar-refractivity contribution in [2.75, 3.05) is 24.5 Å². The number of aliphatic hydroxyl groups is 1. The first-order chi connectivity index (χ1) is 12.7. The Hall–Kier alpha value is -2.26. The van der Waals surface area contributed by atoms with Crippen LogP contribution in [0.4, 0.5) is 23.5 Å². The van der Waals surface area contributed by atoms with Crippen LogP contribution in [0, 0.1) is 0 Å². The maximum absolute atomic E-state index is 14.3. The normalized spacial score (nSPS) is 19.1. The first-order valence-electron chi connectivity index (χ1n) is 8.62. The topological polar surface area (TPSA) is 75.3 Å². The number of fused-ring (bicyclic) bond motifs is 1. The van der Waals surface area contributed by atoms with Crippen LogP contribution in [0.5, 0.6) is 0 Å². The Kier molecular flexibility index (Phi) is 4.12. The van der Waals surface area contributed by atoms with Crippen LogP contribution < -0.4 is 10.6 Å². The summed E-state index contributed by atoms with van der Waals surface area (Å²) in [6.07, 6.45) is -0.788. The van der Waals surface area contributed by atoms with Gasteiger partial charge in [-0.3, -0.25) is 0 Å². The molecule has 1 aliphatic carbocycles. The van der Waals surface area contributed by atoms with Crippen molar-refractivity contribution in [3.63, 3.8) is 0 Å². The lowest BCUT2D eigenvalue weighted by Gasteiger charge is -2.36. The molecule has 144 valence electrons. The molecule has 3 N–H and O–H groups in total. The van der Waals surface area contributed by atoms with E-state index in [1.807, 2.05) is 0 Å². The smallest absolute Gasteiger partial charge is 0.290 e. The molecule has 0 radical (unpaired) electrons. The zero-order chi connectivity index (χ0) is 19.4. The predicted octanol–water partition coefficient (Wildman–Crippen LogP) is 2.41. The highest BCUT2D eigenvalue weighted by Crippen LogP contribution is 2.44. The number of nitrogens with two attached hydrogens (primary N) is 1. The molecule has 9 heteroatoms. The van der Waals surface area contributed by atoms with Gasteiger partial charge in [0.15, 0.2) is 0 Å². The van der Waals surface area contributed by atoms with Crippen LogP contribution in [-0.4, -0.2) is 40.8 Å². The van der Waals surface area contributed by atoms with E-state index in [1.165, 1.54) is 24.3 Å². The molecule has 1 aromatic carbocycles. The lowest BCUT2D eigenvalue weighted by molar-refractivity contribution is -0.00599. The molecule has 2 heterocycles. The number of alkyl halides is 4. The van der Waals surface area contributed by atoms with Crippen molar-refractivity contribution >= 4 is 5.95 Å². The van der Waals surface area contributed by atoms with Gasteiger partial charge in [-0.2, -0.15) is 17.6 Å². The minimum absolute atomic E-state index is 0.112. The monoisotopic (exact) mass is 382 g/mol. The maximum Gasteiger partial charge on any atom is 0.290 e. The molecule has 0 saturated carbocycles. The Bertz CT molecular complexity index is 866. The highest BCUT2D eigenvalue weighted by molar-refractivity contribution is 5.67. The van der Waals surface area contributed by atoms with Crippen molar-refractivity contribution in [1.29, 1.82) is 0 Å². The fourth-order valence-electron chi connectivity index (χ4n) is 3.40. The van der Waals surface area contributed by atoms with Gasteiger partial charge in [0.2, 0.25) is 5.95 Å². The van der Waals surface area contributed by atoms with Gasteiger partial charge in [-0.15, -0.1) is 0 Å². The summed E-state index contributed by atoms with van der Waals surface area (Å²) in [5.41, 5.74) is 5.65. The number of halogens is 4. The molecule has 0 unspecified atom stereocenters. The number of benzene rings is 1. The molecule has 5 nitrogen and oxygen atoms in total. The summed E-state index contributed by atoms with van der Waals surface area (Å²) in [6, 6.07) is 5.34. The largest absolute Gasteiger partial charge is 0.389 e. The van der Waals surface area contributed by atoms with Crippen LogP contribution in [0.3, 0.4) is 0 Å². The number of nitrogens with zero attached hydrogens (tertiary/aromatic N) is 3. The summed E-state index contributed by atoms with van der Waals surface area (Å²) in [4.78, 5) is 10.1. The molecule has 27 heavy (non-hydrogen) atoms. The molecule has 2 aliphatic rings. The fraction of sp³-hybridized carbons (Fsp3) is 0.444. The molecule has 1 fully saturated rings. The van der Waals surface area contributed by atoms with Gasteiger partial charge >= 0.3 is 0 Å². The molecule has 2 aromatic rings. The second-order valence-corrected chi connectivity index (χ2v) is 6.95. The third-order valence-electron chi connectivity index (χ3n) is 5.01. The lowest BCUT2D eigenvalue weighted by atomic mass is 10.0. The summed E-state index contributed by atoms with van der Waals surface area (Å²) in [6.45, 7) is -0.278. The van der Waals surface area contributed by atoms with Gasteiger partial charge in [0.05, 0.1) is 18.3 Å². The summed E-state index contributed by atoms with van der Waals surface area (Å²) in [7, 11) is 0. The summed E-state index contributed by atoms with van der Waals surface area (Å²) < 4.78 is 56.0. The zero-order valence-corrected chi connectivity index (χ0v) is 14.3. The number of anilines is 1. The molecule has 0 amide bonds. The van der Waals surface area contributed by atoms with E-state index in [9.17, 15) is 22.7 Å². The van der Waals surface area contributed by atoms with Crippen molar-refractivity contribution in [3.05, 3.63) is 41.1 Å². The predicted molar refractivity (Wildman–Crippen MR) is 90.9 cm³/mol. The zero-order valence-electron chi connectivity index (χ0n) is 14.3. The molecule has 1 aliphatic heterocycles. The molecule has 0 bridgehead atoms. The third-order valence-corrected chi connectivity index (χ3v) is 5.01. The van der Waals surface area contributed by atoms with Crippen molar-refractivity contribution in [2.45, 2.75) is 30.8 Å². The summed E-state index contributed by atoms with van der Waals surface area (Å²) in [5, 5.41) is 9.47. The van der Waals surface area contributed by atoms with Crippen molar-refractivity contribution < 1.29 is 22.7 Å². The first kappa shape index (κ1) is 18.1. The Morgan fingerprint density at radius 1 is 1.19 bits per heavy atom. The Morgan fingerprint density at radius 3 is 2.44 bits per heavy atom. The van der Waals surface area contributed by atoms with E-state index in [4.69, 9.17) is 5.73 Å². The van der Waals surface area contributed by atoms with Crippen LogP contribution >= 0.6 is 0 Å². The van der Waals surface area contributed by atoms with Crippen molar-refractivity contribution in [1.82, 2.24) is 9.97 Å². The van der Waals surface area contributed by atoms with Crippen LogP contribution in [0.15, 0.2) is 24.3 Å². The molecule has 4 rings (SSSR count). The number of β-amino-alcohol motifs (C(OH)–C–C–N with tert-alkyl or cyclic N) is 1. The van der Waals surface area contributed by atoms with E-state index < -0.39 is 24.5 Å². The van der Waals surface area contributed by atoms with E-state index >= 15 is 0 Å². The van der Waals surface area contributed by atoms with Crippen molar-refractivity contribution in [2.24, 2.45) is 5.73 Å². The Morgan fingerprint density at radius 2 is 1.85 bits per heavy atom. The summed E-state index contributed by atoms with van der Waals surface area (Å²) >= 11 is 0. The van der Waals surface area contributed by atoms with Crippen molar-refractivity contribution in [3.8, 4) is 11.3 Å². The van der Waals surface area contributed by atoms with E-state index in [1.54, 1.807) is 4.90 Å². The third kappa shape index (κ3) is 3.04. The number of rotatable bonds is 4. The quantitative estimate of drug-likeness (QED) is 0.795. The van der Waals surface area contributed by atoms with E-state index in [0.29, 0.717) is 16.8 Å². The highest BCUT2D eigenvalue weighted by Gasteiger charge is 2.44. The SMILES string of the molecule is NCC(F)(F)c1ccc(-c2nc(N3CC(O)C3)nc3c2CCC3(F)F)cc1. The standard InChI is InChI=1S/C18H18F4N4O/c19-17(20)6-5-13-14(10-1-3-11(4-2-10)18(21,22)9-23)24-16(25-15(13)17)26-7-12(27)8-26/h1-4,12,27H,5-9,23H2. The molecular formula is C18H18F4N4O. The maximum atomic E-state index is 14.3. The van der Waals surface area contributed by atoms with Gasteiger partial charge in [0.1, 0.15) is 5.69 Å². The second kappa shape index (κ2) is 6.13. The van der Waals surface area contributed by atoms with Gasteiger partial charge in [0.25, 0.3) is 11.8 Å². The average Bonchev–Trinajstić information content (AvgIpc) is 2.93. The fourth-order valence-corrected chi connectivity index (χ4v) is 3.40. The van der Waals surface area contributed by atoms with Crippen LogP contribution in [0.1, 0.15) is 23.2 Å². The molecule has 1 aromatic heterocycles. The van der Waals surface area contributed by atoms with Gasteiger partial charge < -0.3 is 15.7 Å². The average molecular weight is 382 g/mol. The van der Waals surface area contributed by atoms with Crippen LogP contribution in [-0.2, 0) is 18.3 Å². The van der Waals surface area contributed by atoms with Gasteiger partial charge in [-0.05, 0) is 6.42 Å². The number of hydrogen-bond acceptors (Lipinski definition) is 5. The molecule has 0 atom stereocenters. The number of aromatic nitrogens is 2. The minimum atomic E-state index is -3.15. The first-order valence-corrected chi connectivity index (χ1v) is 8.62. The van der Waals surface area contributed by atoms with Crippen LogP contribution in [0.2, 0.25) is 0 Å². The molecular weight excluding hydrogens is 364 g/mol.